The Morgan fingerprint density at radius 3 is 2.56 bits per heavy atom. The second-order valence-corrected chi connectivity index (χ2v) is 3.26. The summed E-state index contributed by atoms with van der Waals surface area (Å²) in [7, 11) is 0. The van der Waals surface area contributed by atoms with E-state index in [2.05, 4.69) is 4.98 Å². The number of rotatable bonds is 1. The lowest BCUT2D eigenvalue weighted by Crippen LogP contribution is -2.07. The van der Waals surface area contributed by atoms with Crippen LogP contribution in [0.4, 0.5) is 17.6 Å². The third kappa shape index (κ3) is 1.75. The number of halogens is 4. The van der Waals surface area contributed by atoms with Crippen molar-refractivity contribution in [2.24, 2.45) is 0 Å². The second-order valence-electron chi connectivity index (χ2n) is 3.26. The van der Waals surface area contributed by atoms with Gasteiger partial charge in [0.25, 0.3) is 0 Å². The number of hydrogen-bond donors (Lipinski definition) is 0. The summed E-state index contributed by atoms with van der Waals surface area (Å²) < 4.78 is 55.3. The monoisotopic (exact) mass is 233 g/mol. The number of aryl methyl sites for hydroxylation is 1. The molecule has 0 amide bonds. The van der Waals surface area contributed by atoms with Crippen LogP contribution < -0.4 is 0 Å². The van der Waals surface area contributed by atoms with Crippen molar-refractivity contribution >= 4 is 11.1 Å². The molecule has 86 valence electrons. The molecule has 0 spiro atoms. The van der Waals surface area contributed by atoms with Crippen LogP contribution in [0.5, 0.6) is 0 Å². The number of nitrogens with zero attached hydrogens (tertiary/aromatic N) is 1. The quantitative estimate of drug-likeness (QED) is 0.704. The maximum atomic E-state index is 13.1. The highest BCUT2D eigenvalue weighted by Crippen LogP contribution is 2.33. The first kappa shape index (κ1) is 10.9. The summed E-state index contributed by atoms with van der Waals surface area (Å²) in [4.78, 5) is 3.81. The zero-order chi connectivity index (χ0) is 11.9. The van der Waals surface area contributed by atoms with Crippen LogP contribution in [0, 0.1) is 5.82 Å². The van der Waals surface area contributed by atoms with Crippen molar-refractivity contribution in [2.75, 3.05) is 0 Å². The molecule has 2 aromatic rings. The molecule has 0 saturated carbocycles. The summed E-state index contributed by atoms with van der Waals surface area (Å²) in [6, 6.07) is 1.37. The fourth-order valence-corrected chi connectivity index (χ4v) is 1.37. The van der Waals surface area contributed by atoms with E-state index < -0.39 is 17.6 Å². The molecule has 0 bridgehead atoms. The molecular formula is C10H7F4NO. The molecule has 0 aliphatic carbocycles. The van der Waals surface area contributed by atoms with Gasteiger partial charge in [-0.15, -0.1) is 0 Å². The van der Waals surface area contributed by atoms with Crippen molar-refractivity contribution in [1.29, 1.82) is 0 Å². The summed E-state index contributed by atoms with van der Waals surface area (Å²) in [6.45, 7) is 1.74. The predicted octanol–water partition coefficient (Wildman–Crippen LogP) is 3.55. The Bertz CT molecular complexity index is 529. The molecule has 1 heterocycles. The van der Waals surface area contributed by atoms with Crippen molar-refractivity contribution < 1.29 is 22.0 Å². The van der Waals surface area contributed by atoms with Crippen molar-refractivity contribution in [2.45, 2.75) is 19.5 Å². The summed E-state index contributed by atoms with van der Waals surface area (Å²) in [5, 5.41) is 0. The smallest absolute Gasteiger partial charge is 0.419 e. The zero-order valence-corrected chi connectivity index (χ0v) is 8.23. The van der Waals surface area contributed by atoms with Gasteiger partial charge in [-0.05, 0) is 6.07 Å². The Morgan fingerprint density at radius 2 is 2.00 bits per heavy atom. The topological polar surface area (TPSA) is 26.0 Å². The molecule has 0 atom stereocenters. The summed E-state index contributed by atoms with van der Waals surface area (Å²) in [6.07, 6.45) is -4.28. The molecule has 0 fully saturated rings. The average molecular weight is 233 g/mol. The normalized spacial score (nSPS) is 12.3. The fourth-order valence-electron chi connectivity index (χ4n) is 1.37. The van der Waals surface area contributed by atoms with Crippen LogP contribution in [0.2, 0.25) is 0 Å². The van der Waals surface area contributed by atoms with Gasteiger partial charge in [0.2, 0.25) is 0 Å². The molecule has 1 aromatic carbocycles. The summed E-state index contributed by atoms with van der Waals surface area (Å²) in [5.41, 5.74) is -1.27. The van der Waals surface area contributed by atoms with E-state index in [9.17, 15) is 17.6 Å². The first-order valence-corrected chi connectivity index (χ1v) is 4.58. The average Bonchev–Trinajstić information content (AvgIpc) is 2.56. The predicted molar refractivity (Wildman–Crippen MR) is 48.3 cm³/mol. The lowest BCUT2D eigenvalue weighted by atomic mass is 10.2. The molecule has 2 nitrogen and oxygen atoms in total. The van der Waals surface area contributed by atoms with Gasteiger partial charge in [0.05, 0.1) is 5.56 Å². The Kier molecular flexibility index (Phi) is 2.36. The van der Waals surface area contributed by atoms with Crippen molar-refractivity contribution in [3.8, 4) is 0 Å². The fraction of sp³-hybridized carbons (Fsp3) is 0.300. The van der Waals surface area contributed by atoms with E-state index in [1.165, 1.54) is 0 Å². The minimum Gasteiger partial charge on any atom is -0.441 e. The molecule has 0 aliphatic rings. The van der Waals surface area contributed by atoms with Gasteiger partial charge in [0, 0.05) is 12.5 Å². The van der Waals surface area contributed by atoms with Crippen LogP contribution in [-0.4, -0.2) is 4.98 Å². The van der Waals surface area contributed by atoms with Crippen molar-refractivity contribution in [3.05, 3.63) is 29.4 Å². The molecular weight excluding hydrogens is 226 g/mol. The van der Waals surface area contributed by atoms with Gasteiger partial charge in [-0.1, -0.05) is 6.92 Å². The van der Waals surface area contributed by atoms with E-state index in [1.807, 2.05) is 0 Å². The van der Waals surface area contributed by atoms with Crippen LogP contribution in [0.1, 0.15) is 18.4 Å². The van der Waals surface area contributed by atoms with E-state index >= 15 is 0 Å². The van der Waals surface area contributed by atoms with Gasteiger partial charge in [-0.25, -0.2) is 9.37 Å². The maximum absolute atomic E-state index is 13.1. The SMILES string of the molecule is CCc1nc2cc(C(F)(F)F)c(F)cc2o1. The lowest BCUT2D eigenvalue weighted by Gasteiger charge is -2.06. The van der Waals surface area contributed by atoms with E-state index in [-0.39, 0.29) is 17.0 Å². The van der Waals surface area contributed by atoms with Gasteiger partial charge in [0.1, 0.15) is 11.3 Å². The van der Waals surface area contributed by atoms with Crippen molar-refractivity contribution in [3.63, 3.8) is 0 Å². The van der Waals surface area contributed by atoms with E-state index in [1.54, 1.807) is 6.92 Å². The Labute approximate surface area is 87.9 Å². The molecule has 0 aliphatic heterocycles. The molecule has 0 unspecified atom stereocenters. The van der Waals surface area contributed by atoms with Gasteiger partial charge in [0.15, 0.2) is 11.5 Å². The van der Waals surface area contributed by atoms with Crippen LogP contribution in [0.15, 0.2) is 16.5 Å². The Morgan fingerprint density at radius 1 is 1.31 bits per heavy atom. The lowest BCUT2D eigenvalue weighted by molar-refractivity contribution is -0.139. The van der Waals surface area contributed by atoms with Gasteiger partial charge < -0.3 is 4.42 Å². The van der Waals surface area contributed by atoms with Gasteiger partial charge >= 0.3 is 6.18 Å². The Balaban J connectivity index is 2.66. The molecule has 1 aromatic heterocycles. The number of aromatic nitrogens is 1. The van der Waals surface area contributed by atoms with Gasteiger partial charge in [-0.2, -0.15) is 13.2 Å². The minimum absolute atomic E-state index is 0.0191. The van der Waals surface area contributed by atoms with Gasteiger partial charge in [-0.3, -0.25) is 0 Å². The Hall–Kier alpha value is -1.59. The maximum Gasteiger partial charge on any atom is 0.419 e. The number of fused-ring (bicyclic) bond motifs is 1. The molecule has 16 heavy (non-hydrogen) atoms. The van der Waals surface area contributed by atoms with Crippen LogP contribution >= 0.6 is 0 Å². The highest BCUT2D eigenvalue weighted by molar-refractivity contribution is 5.73. The third-order valence-corrected chi connectivity index (χ3v) is 2.13. The molecule has 2 rings (SSSR count). The zero-order valence-electron chi connectivity index (χ0n) is 8.23. The van der Waals surface area contributed by atoms with Crippen LogP contribution in [0.25, 0.3) is 11.1 Å². The van der Waals surface area contributed by atoms with Crippen molar-refractivity contribution in [1.82, 2.24) is 4.98 Å². The molecule has 6 heteroatoms. The molecule has 0 N–H and O–H groups in total. The minimum atomic E-state index is -4.72. The highest BCUT2D eigenvalue weighted by Gasteiger charge is 2.34. The number of hydrogen-bond acceptors (Lipinski definition) is 2. The van der Waals surface area contributed by atoms with Crippen LogP contribution in [-0.2, 0) is 12.6 Å². The van der Waals surface area contributed by atoms with E-state index in [0.717, 1.165) is 0 Å². The standard InChI is InChI=1S/C10H7F4NO/c1-2-9-15-7-3-5(10(12,13)14)6(11)4-8(7)16-9/h3-4H,2H2,1H3. The largest absolute Gasteiger partial charge is 0.441 e. The summed E-state index contributed by atoms with van der Waals surface area (Å²) >= 11 is 0. The first-order valence-electron chi connectivity index (χ1n) is 4.58. The molecule has 0 saturated heterocycles. The van der Waals surface area contributed by atoms with E-state index in [0.29, 0.717) is 18.6 Å². The number of benzene rings is 1. The number of alkyl halides is 3. The highest BCUT2D eigenvalue weighted by atomic mass is 19.4. The molecule has 0 radical (unpaired) electrons. The first-order chi connectivity index (χ1) is 7.41. The summed E-state index contributed by atoms with van der Waals surface area (Å²) in [5.74, 6) is -1.06. The number of oxazole rings is 1. The second kappa shape index (κ2) is 3.47. The third-order valence-electron chi connectivity index (χ3n) is 2.13. The van der Waals surface area contributed by atoms with E-state index in [4.69, 9.17) is 4.42 Å². The van der Waals surface area contributed by atoms with Crippen LogP contribution in [0.3, 0.4) is 0 Å².